The highest BCUT2D eigenvalue weighted by molar-refractivity contribution is 5.26. The molecule has 0 N–H and O–H groups in total. The molecule has 5 rings (SSSR count). The van der Waals surface area contributed by atoms with Gasteiger partial charge < -0.3 is 33.2 Å². The quantitative estimate of drug-likeness (QED) is 0.431. The van der Waals surface area contributed by atoms with Crippen LogP contribution in [0.5, 0.6) is 5.75 Å². The van der Waals surface area contributed by atoms with Crippen LogP contribution in [-0.2, 0) is 41.6 Å². The molecule has 0 spiro atoms. The van der Waals surface area contributed by atoms with Crippen LogP contribution in [0.1, 0.15) is 23.0 Å². The SMILES string of the molecule is COc1ccc(COC2[C@H](OC)OC3COC(c4ccccc4)O[C@@H]3[C@@H]2OCc2ccccc2)cc1. The maximum Gasteiger partial charge on any atom is 0.186 e. The van der Waals surface area contributed by atoms with Crippen LogP contribution in [0.3, 0.4) is 0 Å². The first-order valence-corrected chi connectivity index (χ1v) is 12.2. The molecule has 2 aliphatic heterocycles. The van der Waals surface area contributed by atoms with Gasteiger partial charge in [-0.1, -0.05) is 72.8 Å². The molecule has 2 aliphatic rings. The van der Waals surface area contributed by atoms with E-state index in [-0.39, 0.29) is 6.10 Å². The lowest BCUT2D eigenvalue weighted by atomic mass is 9.97. The zero-order valence-electron chi connectivity index (χ0n) is 20.5. The average molecular weight is 493 g/mol. The minimum Gasteiger partial charge on any atom is -0.497 e. The van der Waals surface area contributed by atoms with Crippen LogP contribution in [-0.4, -0.2) is 51.5 Å². The number of ether oxygens (including phenoxy) is 7. The van der Waals surface area contributed by atoms with Crippen molar-refractivity contribution >= 4 is 0 Å². The third-order valence-electron chi connectivity index (χ3n) is 6.47. The van der Waals surface area contributed by atoms with E-state index in [1.807, 2.05) is 84.9 Å². The first kappa shape index (κ1) is 24.9. The average Bonchev–Trinajstić information content (AvgIpc) is 2.95. The molecule has 7 nitrogen and oxygen atoms in total. The van der Waals surface area contributed by atoms with Crippen molar-refractivity contribution in [3.8, 4) is 5.75 Å². The van der Waals surface area contributed by atoms with Gasteiger partial charge >= 0.3 is 0 Å². The van der Waals surface area contributed by atoms with Gasteiger partial charge in [0.25, 0.3) is 0 Å². The van der Waals surface area contributed by atoms with Gasteiger partial charge in [0.2, 0.25) is 0 Å². The molecular weight excluding hydrogens is 460 g/mol. The molecule has 7 heteroatoms. The Bertz CT molecular complexity index is 1060. The molecule has 0 radical (unpaired) electrons. The first-order valence-electron chi connectivity index (χ1n) is 12.2. The monoisotopic (exact) mass is 492 g/mol. The summed E-state index contributed by atoms with van der Waals surface area (Å²) in [6.07, 6.45) is -2.86. The van der Waals surface area contributed by atoms with E-state index in [1.165, 1.54) is 0 Å². The molecule has 6 atom stereocenters. The Hall–Kier alpha value is -2.78. The second-order valence-corrected chi connectivity index (χ2v) is 8.84. The summed E-state index contributed by atoms with van der Waals surface area (Å²) >= 11 is 0. The largest absolute Gasteiger partial charge is 0.497 e. The Labute approximate surface area is 211 Å². The lowest BCUT2D eigenvalue weighted by Crippen LogP contribution is -2.63. The summed E-state index contributed by atoms with van der Waals surface area (Å²) in [7, 11) is 3.26. The zero-order chi connectivity index (χ0) is 24.7. The summed E-state index contributed by atoms with van der Waals surface area (Å²) in [5.74, 6) is 0.795. The maximum absolute atomic E-state index is 6.51. The molecule has 190 valence electrons. The molecule has 0 aromatic heterocycles. The summed E-state index contributed by atoms with van der Waals surface area (Å²) in [6.45, 7) is 1.13. The van der Waals surface area contributed by atoms with Crippen molar-refractivity contribution in [3.05, 3.63) is 102 Å². The van der Waals surface area contributed by atoms with E-state index in [2.05, 4.69) is 0 Å². The Morgan fingerprint density at radius 2 is 1.36 bits per heavy atom. The van der Waals surface area contributed by atoms with Crippen molar-refractivity contribution in [2.75, 3.05) is 20.8 Å². The van der Waals surface area contributed by atoms with Crippen LogP contribution in [0.25, 0.3) is 0 Å². The normalized spacial score (nSPS) is 27.8. The van der Waals surface area contributed by atoms with Gasteiger partial charge in [-0.05, 0) is 23.3 Å². The summed E-state index contributed by atoms with van der Waals surface area (Å²) in [6, 6.07) is 27.7. The molecule has 3 aromatic rings. The van der Waals surface area contributed by atoms with Crippen LogP contribution in [0.15, 0.2) is 84.9 Å². The van der Waals surface area contributed by atoms with Gasteiger partial charge in [0.15, 0.2) is 12.6 Å². The van der Waals surface area contributed by atoms with Gasteiger partial charge in [0.1, 0.15) is 30.2 Å². The van der Waals surface area contributed by atoms with E-state index < -0.39 is 30.9 Å². The van der Waals surface area contributed by atoms with E-state index in [4.69, 9.17) is 33.2 Å². The van der Waals surface area contributed by atoms with E-state index >= 15 is 0 Å². The third kappa shape index (κ3) is 5.78. The number of fused-ring (bicyclic) bond motifs is 1. The van der Waals surface area contributed by atoms with Gasteiger partial charge in [-0.2, -0.15) is 0 Å². The Morgan fingerprint density at radius 3 is 2.03 bits per heavy atom. The number of rotatable bonds is 9. The number of hydrogen-bond acceptors (Lipinski definition) is 7. The van der Waals surface area contributed by atoms with E-state index in [1.54, 1.807) is 14.2 Å². The summed E-state index contributed by atoms with van der Waals surface area (Å²) in [5, 5.41) is 0. The van der Waals surface area contributed by atoms with Gasteiger partial charge in [-0.25, -0.2) is 0 Å². The predicted octanol–water partition coefficient (Wildman–Crippen LogP) is 4.65. The molecule has 3 unspecified atom stereocenters. The molecule has 0 aliphatic carbocycles. The Morgan fingerprint density at radius 1 is 0.722 bits per heavy atom. The Balaban J connectivity index is 1.37. The highest BCUT2D eigenvalue weighted by atomic mass is 16.8. The first-order chi connectivity index (χ1) is 17.7. The number of methoxy groups -OCH3 is 2. The third-order valence-corrected chi connectivity index (χ3v) is 6.47. The van der Waals surface area contributed by atoms with Crippen molar-refractivity contribution in [2.45, 2.75) is 50.2 Å². The highest BCUT2D eigenvalue weighted by Crippen LogP contribution is 2.37. The van der Waals surface area contributed by atoms with Crippen LogP contribution < -0.4 is 4.74 Å². The van der Waals surface area contributed by atoms with Crippen LogP contribution >= 0.6 is 0 Å². The summed E-state index contributed by atoms with van der Waals surface area (Å²) in [5.41, 5.74) is 3.02. The molecule has 2 saturated heterocycles. The van der Waals surface area contributed by atoms with Crippen molar-refractivity contribution < 1.29 is 33.2 Å². The number of benzene rings is 3. The van der Waals surface area contributed by atoms with Crippen LogP contribution in [0, 0.1) is 0 Å². The minimum atomic E-state index is -0.634. The van der Waals surface area contributed by atoms with Gasteiger partial charge in [0.05, 0.1) is 26.9 Å². The molecule has 2 fully saturated rings. The second kappa shape index (κ2) is 12.0. The molecule has 36 heavy (non-hydrogen) atoms. The molecular formula is C29H32O7. The summed E-state index contributed by atoms with van der Waals surface area (Å²) < 4.78 is 42.6. The fraction of sp³-hybridized carbons (Fsp3) is 0.379. The van der Waals surface area contributed by atoms with E-state index in [9.17, 15) is 0 Å². The van der Waals surface area contributed by atoms with E-state index in [0.717, 1.165) is 22.4 Å². The van der Waals surface area contributed by atoms with Crippen LogP contribution in [0.4, 0.5) is 0 Å². The topological polar surface area (TPSA) is 64.6 Å². The fourth-order valence-electron chi connectivity index (χ4n) is 4.56. The summed E-state index contributed by atoms with van der Waals surface area (Å²) in [4.78, 5) is 0. The van der Waals surface area contributed by atoms with Gasteiger partial charge in [-0.15, -0.1) is 0 Å². The second-order valence-electron chi connectivity index (χ2n) is 8.84. The maximum atomic E-state index is 6.51. The van der Waals surface area contributed by atoms with Crippen molar-refractivity contribution in [2.24, 2.45) is 0 Å². The van der Waals surface area contributed by atoms with Crippen molar-refractivity contribution in [1.82, 2.24) is 0 Å². The van der Waals surface area contributed by atoms with Gasteiger partial charge in [-0.3, -0.25) is 0 Å². The standard InChI is InChI=1S/C29H32O7/c1-30-23-15-13-21(14-16-23)18-33-27-26(32-17-20-9-5-3-6-10-20)25-24(35-29(27)31-2)19-34-28(36-25)22-11-7-4-8-12-22/h3-16,24-29H,17-19H2,1-2H3/t24?,25-,26-,27?,28?,29+/m0/s1. The van der Waals surface area contributed by atoms with Crippen molar-refractivity contribution in [3.63, 3.8) is 0 Å². The lowest BCUT2D eigenvalue weighted by Gasteiger charge is -2.48. The minimum absolute atomic E-state index is 0.350. The Kier molecular flexibility index (Phi) is 8.28. The predicted molar refractivity (Wildman–Crippen MR) is 132 cm³/mol. The number of hydrogen-bond donors (Lipinski definition) is 0. The van der Waals surface area contributed by atoms with Crippen molar-refractivity contribution in [1.29, 1.82) is 0 Å². The lowest BCUT2D eigenvalue weighted by molar-refractivity contribution is -0.369. The molecule has 0 saturated carbocycles. The highest BCUT2D eigenvalue weighted by Gasteiger charge is 2.51. The zero-order valence-corrected chi connectivity index (χ0v) is 20.5. The molecule has 0 bridgehead atoms. The van der Waals surface area contributed by atoms with Crippen LogP contribution in [0.2, 0.25) is 0 Å². The fourth-order valence-corrected chi connectivity index (χ4v) is 4.56. The molecule has 2 heterocycles. The van der Waals surface area contributed by atoms with E-state index in [0.29, 0.717) is 19.8 Å². The smallest absolute Gasteiger partial charge is 0.186 e. The van der Waals surface area contributed by atoms with Gasteiger partial charge in [0, 0.05) is 12.7 Å². The molecule has 3 aromatic carbocycles. The molecule has 0 amide bonds.